The molecule has 1 unspecified atom stereocenters. The monoisotopic (exact) mass is 231 g/mol. The van der Waals surface area contributed by atoms with E-state index in [1.807, 2.05) is 24.3 Å². The van der Waals surface area contributed by atoms with Crippen molar-refractivity contribution in [1.29, 1.82) is 0 Å². The zero-order valence-electron chi connectivity index (χ0n) is 9.37. The maximum absolute atomic E-state index is 12.2. The fourth-order valence-electron chi connectivity index (χ4n) is 1.74. The quantitative estimate of drug-likeness (QED) is 0.354. The van der Waals surface area contributed by atoms with Gasteiger partial charge in [0.05, 0.1) is 6.04 Å². The number of nitrogens with two attached hydrogens (primary N) is 1. The zero-order valence-corrected chi connectivity index (χ0v) is 9.37. The lowest BCUT2D eigenvalue weighted by molar-refractivity contribution is 0.314. The van der Waals surface area contributed by atoms with E-state index in [0.29, 0.717) is 5.39 Å². The molecule has 0 fully saturated rings. The predicted octanol–water partition coefficient (Wildman–Crippen LogP) is 1.31. The Morgan fingerprint density at radius 1 is 1.41 bits per heavy atom. The van der Waals surface area contributed by atoms with E-state index in [4.69, 9.17) is 10.9 Å². The molecule has 0 saturated heterocycles. The van der Waals surface area contributed by atoms with Crippen molar-refractivity contribution < 1.29 is 5.21 Å². The lowest BCUT2D eigenvalue weighted by atomic mass is 10.1. The number of rotatable bonds is 2. The molecule has 0 aliphatic heterocycles. The van der Waals surface area contributed by atoms with Gasteiger partial charge < -0.3 is 15.5 Å². The van der Waals surface area contributed by atoms with Crippen molar-refractivity contribution in [3.05, 3.63) is 46.9 Å². The number of nitrogens with zero attached hydrogens (tertiary/aromatic N) is 2. The molecular weight excluding hydrogens is 218 g/mol. The van der Waals surface area contributed by atoms with Crippen molar-refractivity contribution in [3.63, 3.8) is 0 Å². The van der Waals surface area contributed by atoms with Crippen molar-refractivity contribution >= 4 is 16.6 Å². The number of amidine groups is 1. The van der Waals surface area contributed by atoms with E-state index in [1.54, 1.807) is 19.2 Å². The first kappa shape index (κ1) is 11.2. The molecule has 5 nitrogen and oxygen atoms in total. The Morgan fingerprint density at radius 3 is 2.82 bits per heavy atom. The molecule has 1 aromatic carbocycles. The molecule has 88 valence electrons. The highest BCUT2D eigenvalue weighted by molar-refractivity contribution is 5.85. The second kappa shape index (κ2) is 4.29. The summed E-state index contributed by atoms with van der Waals surface area (Å²) in [6.45, 7) is 1.70. The van der Waals surface area contributed by atoms with Gasteiger partial charge in [0.2, 0.25) is 0 Å². The summed E-state index contributed by atoms with van der Waals surface area (Å²) in [5.41, 5.74) is 5.35. The van der Waals surface area contributed by atoms with Crippen LogP contribution in [-0.2, 0) is 0 Å². The molecule has 0 amide bonds. The van der Waals surface area contributed by atoms with Gasteiger partial charge in [-0.3, -0.25) is 4.79 Å². The molecule has 1 atom stereocenters. The number of pyridine rings is 1. The Kier molecular flexibility index (Phi) is 2.82. The molecule has 0 aliphatic carbocycles. The third-order valence-electron chi connectivity index (χ3n) is 2.80. The Bertz CT molecular complexity index is 631. The van der Waals surface area contributed by atoms with Crippen LogP contribution in [-0.4, -0.2) is 15.6 Å². The molecule has 0 radical (unpaired) electrons. The summed E-state index contributed by atoms with van der Waals surface area (Å²) < 4.78 is 1.44. The van der Waals surface area contributed by atoms with Crippen LogP contribution in [0.5, 0.6) is 0 Å². The third kappa shape index (κ3) is 1.87. The molecule has 0 aliphatic rings. The summed E-state index contributed by atoms with van der Waals surface area (Å²) in [7, 11) is 0. The van der Waals surface area contributed by atoms with E-state index >= 15 is 0 Å². The van der Waals surface area contributed by atoms with Gasteiger partial charge in [0.25, 0.3) is 5.56 Å². The average molecular weight is 231 g/mol. The smallest absolute Gasteiger partial charge is 0.259 e. The van der Waals surface area contributed by atoms with E-state index in [9.17, 15) is 4.79 Å². The van der Waals surface area contributed by atoms with E-state index in [2.05, 4.69) is 5.16 Å². The van der Waals surface area contributed by atoms with E-state index in [-0.39, 0.29) is 11.4 Å². The van der Waals surface area contributed by atoms with Crippen molar-refractivity contribution in [2.24, 2.45) is 10.9 Å². The van der Waals surface area contributed by atoms with Gasteiger partial charge in [-0.05, 0) is 24.4 Å². The fraction of sp³-hybridized carbons (Fsp3) is 0.167. The van der Waals surface area contributed by atoms with Gasteiger partial charge in [-0.15, -0.1) is 0 Å². The second-order valence-electron chi connectivity index (χ2n) is 3.82. The highest BCUT2D eigenvalue weighted by atomic mass is 16.4. The van der Waals surface area contributed by atoms with Crippen molar-refractivity contribution in [2.45, 2.75) is 13.0 Å². The summed E-state index contributed by atoms with van der Waals surface area (Å²) >= 11 is 0. The Hall–Kier alpha value is -2.30. The van der Waals surface area contributed by atoms with Crippen LogP contribution in [0.1, 0.15) is 13.0 Å². The second-order valence-corrected chi connectivity index (χ2v) is 3.82. The highest BCUT2D eigenvalue weighted by Crippen LogP contribution is 2.11. The zero-order chi connectivity index (χ0) is 12.4. The van der Waals surface area contributed by atoms with Crippen LogP contribution in [0.3, 0.4) is 0 Å². The third-order valence-corrected chi connectivity index (χ3v) is 2.80. The van der Waals surface area contributed by atoms with E-state index < -0.39 is 6.04 Å². The minimum Gasteiger partial charge on any atom is -0.409 e. The lowest BCUT2D eigenvalue weighted by Gasteiger charge is -2.13. The van der Waals surface area contributed by atoms with Crippen LogP contribution in [0.2, 0.25) is 0 Å². The molecule has 2 rings (SSSR count). The number of hydrogen-bond acceptors (Lipinski definition) is 3. The molecule has 0 saturated carbocycles. The van der Waals surface area contributed by atoms with Gasteiger partial charge in [-0.25, -0.2) is 0 Å². The molecule has 1 aromatic heterocycles. The Labute approximate surface area is 97.8 Å². The minimum atomic E-state index is -0.475. The first-order valence-corrected chi connectivity index (χ1v) is 5.22. The number of aromatic nitrogens is 1. The van der Waals surface area contributed by atoms with Crippen molar-refractivity contribution in [3.8, 4) is 0 Å². The molecule has 5 heteroatoms. The summed E-state index contributed by atoms with van der Waals surface area (Å²) in [6, 6.07) is 8.67. The van der Waals surface area contributed by atoms with Gasteiger partial charge in [-0.2, -0.15) is 0 Å². The standard InChI is InChI=1S/C12H13N3O2/c1-8(11(13)14-17)15-7-6-9-4-2-3-5-10(9)12(15)16/h2-8,17H,1H3,(H2,13,14). The molecule has 17 heavy (non-hydrogen) atoms. The van der Waals surface area contributed by atoms with Crippen LogP contribution in [0.25, 0.3) is 10.8 Å². The topological polar surface area (TPSA) is 80.6 Å². The maximum Gasteiger partial charge on any atom is 0.259 e. The minimum absolute atomic E-state index is 0.00220. The van der Waals surface area contributed by atoms with Crippen molar-refractivity contribution in [1.82, 2.24) is 4.57 Å². The molecule has 0 bridgehead atoms. The number of benzene rings is 1. The molecule has 0 spiro atoms. The van der Waals surface area contributed by atoms with Gasteiger partial charge in [-0.1, -0.05) is 23.4 Å². The normalized spacial score (nSPS) is 13.8. The molecule has 1 heterocycles. The van der Waals surface area contributed by atoms with Gasteiger partial charge in [0.1, 0.15) is 0 Å². The average Bonchev–Trinajstić information content (AvgIpc) is 2.38. The summed E-state index contributed by atoms with van der Waals surface area (Å²) in [5, 5.41) is 13.0. The maximum atomic E-state index is 12.2. The molecular formula is C12H13N3O2. The first-order valence-electron chi connectivity index (χ1n) is 5.22. The predicted molar refractivity (Wildman–Crippen MR) is 66.3 cm³/mol. The molecule has 2 aromatic rings. The van der Waals surface area contributed by atoms with Gasteiger partial charge in [0.15, 0.2) is 5.84 Å². The Morgan fingerprint density at radius 2 is 2.12 bits per heavy atom. The lowest BCUT2D eigenvalue weighted by Crippen LogP contribution is -2.31. The fourth-order valence-corrected chi connectivity index (χ4v) is 1.74. The largest absolute Gasteiger partial charge is 0.409 e. The van der Waals surface area contributed by atoms with Gasteiger partial charge in [0, 0.05) is 11.6 Å². The van der Waals surface area contributed by atoms with Crippen LogP contribution in [0, 0.1) is 0 Å². The van der Waals surface area contributed by atoms with Crippen LogP contribution in [0.15, 0.2) is 46.5 Å². The number of fused-ring (bicyclic) bond motifs is 1. The van der Waals surface area contributed by atoms with E-state index in [1.165, 1.54) is 4.57 Å². The first-order chi connectivity index (χ1) is 8.15. The van der Waals surface area contributed by atoms with Crippen LogP contribution < -0.4 is 11.3 Å². The van der Waals surface area contributed by atoms with Gasteiger partial charge >= 0.3 is 0 Å². The summed E-state index contributed by atoms with van der Waals surface area (Å²) in [4.78, 5) is 12.2. The van der Waals surface area contributed by atoms with Crippen LogP contribution in [0.4, 0.5) is 0 Å². The number of oxime groups is 1. The summed E-state index contributed by atoms with van der Waals surface area (Å²) in [5.74, 6) is 0.00220. The van der Waals surface area contributed by atoms with Crippen molar-refractivity contribution in [2.75, 3.05) is 0 Å². The highest BCUT2D eigenvalue weighted by Gasteiger charge is 2.12. The van der Waals surface area contributed by atoms with Crippen LogP contribution >= 0.6 is 0 Å². The number of hydrogen-bond donors (Lipinski definition) is 2. The van der Waals surface area contributed by atoms with E-state index in [0.717, 1.165) is 5.39 Å². The summed E-state index contributed by atoms with van der Waals surface area (Å²) in [6.07, 6.45) is 1.65. The SMILES string of the molecule is CC(C(N)=NO)n1ccc2ccccc2c1=O. The molecule has 3 N–H and O–H groups in total. The Balaban J connectivity index is 2.65.